The van der Waals surface area contributed by atoms with Crippen LogP contribution in [0.25, 0.3) is 0 Å². The van der Waals surface area contributed by atoms with Crippen LogP contribution >= 0.6 is 15.9 Å². The van der Waals surface area contributed by atoms with E-state index in [9.17, 15) is 0 Å². The van der Waals surface area contributed by atoms with Crippen molar-refractivity contribution < 1.29 is 4.74 Å². The average Bonchev–Trinajstić information content (AvgIpc) is 2.44. The summed E-state index contributed by atoms with van der Waals surface area (Å²) in [5, 5.41) is 3.58. The highest BCUT2D eigenvalue weighted by Crippen LogP contribution is 2.25. The summed E-state index contributed by atoms with van der Waals surface area (Å²) < 4.78 is 6.28. The highest BCUT2D eigenvalue weighted by Gasteiger charge is 2.13. The Kier molecular flexibility index (Phi) is 9.10. The number of hydrogen-bond donors (Lipinski definition) is 1. The summed E-state index contributed by atoms with van der Waals surface area (Å²) in [6, 6.07) is 8.88. The Bertz CT molecular complexity index is 373. The lowest BCUT2D eigenvalue weighted by Crippen LogP contribution is -2.28. The summed E-state index contributed by atoms with van der Waals surface area (Å²) in [6.07, 6.45) is 2.20. The van der Waals surface area contributed by atoms with E-state index >= 15 is 0 Å². The lowest BCUT2D eigenvalue weighted by molar-refractivity contribution is 0.178. The van der Waals surface area contributed by atoms with Gasteiger partial charge in [-0.1, -0.05) is 41.1 Å². The van der Waals surface area contributed by atoms with Gasteiger partial charge in [-0.25, -0.2) is 0 Å². The van der Waals surface area contributed by atoms with E-state index < -0.39 is 0 Å². The third-order valence-corrected chi connectivity index (χ3v) is 4.14. The average molecular weight is 343 g/mol. The third kappa shape index (κ3) is 6.35. The molecular weight excluding hydrogens is 316 g/mol. The fourth-order valence-corrected chi connectivity index (χ4v) is 2.87. The molecule has 1 N–H and O–H groups in total. The molecule has 3 nitrogen and oxygen atoms in total. The second-order valence-corrected chi connectivity index (χ2v) is 5.92. The standard InChI is InChI=1S/C16H27BrN2O/c1-4-18-16(14-8-5-6-9-15(14)17)10-12-19(2)11-7-13-20-3/h5-6,8-9,16,18H,4,7,10-13H2,1-3H3. The van der Waals surface area contributed by atoms with E-state index in [0.717, 1.165) is 39.1 Å². The van der Waals surface area contributed by atoms with Gasteiger partial charge in [-0.05, 0) is 44.6 Å². The smallest absolute Gasteiger partial charge is 0.0474 e. The van der Waals surface area contributed by atoms with E-state index in [1.165, 1.54) is 10.0 Å². The first-order valence-electron chi connectivity index (χ1n) is 7.34. The molecule has 0 radical (unpaired) electrons. The molecule has 0 heterocycles. The zero-order chi connectivity index (χ0) is 14.8. The Balaban J connectivity index is 2.49. The molecule has 114 valence electrons. The fourth-order valence-electron chi connectivity index (χ4n) is 2.31. The second-order valence-electron chi connectivity index (χ2n) is 5.07. The van der Waals surface area contributed by atoms with Crippen molar-refractivity contribution in [3.05, 3.63) is 34.3 Å². The molecule has 20 heavy (non-hydrogen) atoms. The molecule has 0 saturated carbocycles. The molecule has 1 unspecified atom stereocenters. The molecule has 0 amide bonds. The lowest BCUT2D eigenvalue weighted by Gasteiger charge is -2.23. The highest BCUT2D eigenvalue weighted by molar-refractivity contribution is 9.10. The van der Waals surface area contributed by atoms with Crippen molar-refractivity contribution in [2.45, 2.75) is 25.8 Å². The first-order chi connectivity index (χ1) is 9.69. The first-order valence-corrected chi connectivity index (χ1v) is 8.13. The Morgan fingerprint density at radius 2 is 2.05 bits per heavy atom. The summed E-state index contributed by atoms with van der Waals surface area (Å²) in [7, 11) is 3.94. The van der Waals surface area contributed by atoms with Crippen LogP contribution in [-0.2, 0) is 4.74 Å². The summed E-state index contributed by atoms with van der Waals surface area (Å²) in [5.41, 5.74) is 1.35. The molecule has 1 aromatic rings. The van der Waals surface area contributed by atoms with Crippen molar-refractivity contribution in [3.63, 3.8) is 0 Å². The Morgan fingerprint density at radius 3 is 2.70 bits per heavy atom. The highest BCUT2D eigenvalue weighted by atomic mass is 79.9. The third-order valence-electron chi connectivity index (χ3n) is 3.42. The molecule has 0 bridgehead atoms. The SMILES string of the molecule is CCNC(CCN(C)CCCOC)c1ccccc1Br. The number of halogens is 1. The van der Waals surface area contributed by atoms with Crippen LogP contribution in [0.1, 0.15) is 31.4 Å². The summed E-state index contributed by atoms with van der Waals surface area (Å²) >= 11 is 3.66. The number of ether oxygens (including phenoxy) is 1. The van der Waals surface area contributed by atoms with Crippen LogP contribution in [0.15, 0.2) is 28.7 Å². The van der Waals surface area contributed by atoms with Crippen molar-refractivity contribution in [3.8, 4) is 0 Å². The molecule has 1 atom stereocenters. The minimum absolute atomic E-state index is 0.403. The molecule has 0 saturated heterocycles. The predicted octanol–water partition coefficient (Wildman–Crippen LogP) is 3.46. The van der Waals surface area contributed by atoms with Crippen LogP contribution in [0.2, 0.25) is 0 Å². The van der Waals surface area contributed by atoms with E-state index in [1.54, 1.807) is 7.11 Å². The van der Waals surface area contributed by atoms with Gasteiger partial charge in [0.1, 0.15) is 0 Å². The quantitative estimate of drug-likeness (QED) is 0.659. The van der Waals surface area contributed by atoms with Crippen molar-refractivity contribution >= 4 is 15.9 Å². The van der Waals surface area contributed by atoms with Gasteiger partial charge in [-0.15, -0.1) is 0 Å². The Morgan fingerprint density at radius 1 is 1.30 bits per heavy atom. The van der Waals surface area contributed by atoms with Gasteiger partial charge in [0.25, 0.3) is 0 Å². The number of hydrogen-bond acceptors (Lipinski definition) is 3. The normalized spacial score (nSPS) is 12.8. The molecule has 0 spiro atoms. The maximum atomic E-state index is 5.10. The molecule has 1 rings (SSSR count). The molecule has 0 aliphatic carbocycles. The van der Waals surface area contributed by atoms with Crippen LogP contribution in [0.5, 0.6) is 0 Å². The number of methoxy groups -OCH3 is 1. The summed E-state index contributed by atoms with van der Waals surface area (Å²) in [6.45, 7) is 6.15. The van der Waals surface area contributed by atoms with Gasteiger partial charge in [0, 0.05) is 30.8 Å². The van der Waals surface area contributed by atoms with Gasteiger partial charge in [-0.3, -0.25) is 0 Å². The van der Waals surface area contributed by atoms with Crippen LogP contribution in [0.4, 0.5) is 0 Å². The van der Waals surface area contributed by atoms with E-state index in [-0.39, 0.29) is 0 Å². The largest absolute Gasteiger partial charge is 0.385 e. The molecule has 0 fully saturated rings. The number of rotatable bonds is 10. The molecule has 1 aromatic carbocycles. The van der Waals surface area contributed by atoms with Crippen molar-refractivity contribution in [2.24, 2.45) is 0 Å². The minimum atomic E-state index is 0.403. The van der Waals surface area contributed by atoms with E-state index in [2.05, 4.69) is 64.4 Å². The molecule has 4 heteroatoms. The van der Waals surface area contributed by atoms with E-state index in [1.807, 2.05) is 0 Å². The second kappa shape index (κ2) is 10.3. The van der Waals surface area contributed by atoms with Gasteiger partial charge in [0.2, 0.25) is 0 Å². The van der Waals surface area contributed by atoms with Crippen LogP contribution in [0, 0.1) is 0 Å². The predicted molar refractivity (Wildman–Crippen MR) is 89.2 cm³/mol. The van der Waals surface area contributed by atoms with Crippen molar-refractivity contribution in [1.29, 1.82) is 0 Å². The molecular formula is C16H27BrN2O. The number of nitrogens with one attached hydrogen (secondary N) is 1. The fraction of sp³-hybridized carbons (Fsp3) is 0.625. The van der Waals surface area contributed by atoms with E-state index in [4.69, 9.17) is 4.74 Å². The maximum Gasteiger partial charge on any atom is 0.0474 e. The minimum Gasteiger partial charge on any atom is -0.385 e. The topological polar surface area (TPSA) is 24.5 Å². The monoisotopic (exact) mass is 342 g/mol. The van der Waals surface area contributed by atoms with Gasteiger partial charge in [0.15, 0.2) is 0 Å². The first kappa shape index (κ1) is 17.6. The van der Waals surface area contributed by atoms with Crippen LogP contribution < -0.4 is 5.32 Å². The van der Waals surface area contributed by atoms with Gasteiger partial charge < -0.3 is 15.0 Å². The zero-order valence-corrected chi connectivity index (χ0v) is 14.4. The van der Waals surface area contributed by atoms with Gasteiger partial charge in [0.05, 0.1) is 0 Å². The molecule has 0 aliphatic rings. The Labute approximate surface area is 131 Å². The molecule has 0 aliphatic heterocycles. The van der Waals surface area contributed by atoms with Crippen LogP contribution in [0.3, 0.4) is 0 Å². The lowest BCUT2D eigenvalue weighted by atomic mass is 10.0. The number of benzene rings is 1. The van der Waals surface area contributed by atoms with Crippen molar-refractivity contribution in [2.75, 3.05) is 40.4 Å². The maximum absolute atomic E-state index is 5.10. The summed E-state index contributed by atoms with van der Waals surface area (Å²) in [4.78, 5) is 2.38. The van der Waals surface area contributed by atoms with Crippen molar-refractivity contribution in [1.82, 2.24) is 10.2 Å². The Hall–Kier alpha value is -0.420. The number of nitrogens with zero attached hydrogens (tertiary/aromatic N) is 1. The van der Waals surface area contributed by atoms with E-state index in [0.29, 0.717) is 6.04 Å². The molecule has 0 aromatic heterocycles. The van der Waals surface area contributed by atoms with Gasteiger partial charge >= 0.3 is 0 Å². The van der Waals surface area contributed by atoms with Crippen LogP contribution in [-0.4, -0.2) is 45.3 Å². The van der Waals surface area contributed by atoms with Gasteiger partial charge in [-0.2, -0.15) is 0 Å². The zero-order valence-electron chi connectivity index (χ0n) is 12.9. The summed E-state index contributed by atoms with van der Waals surface area (Å²) in [5.74, 6) is 0.